The summed E-state index contributed by atoms with van der Waals surface area (Å²) < 4.78 is 0. The minimum atomic E-state index is 0.0706. The molecule has 0 bridgehead atoms. The highest BCUT2D eigenvalue weighted by Crippen LogP contribution is 2.10. The number of benzene rings is 1. The number of nitrogens with one attached hydrogen (secondary N) is 1. The van der Waals surface area contributed by atoms with E-state index in [1.54, 1.807) is 24.3 Å². The highest BCUT2D eigenvalue weighted by Gasteiger charge is 2.05. The van der Waals surface area contributed by atoms with Gasteiger partial charge in [-0.05, 0) is 12.1 Å². The normalized spacial score (nSPS) is 10.6. The Hall–Kier alpha value is -0.860. The second-order valence-electron chi connectivity index (χ2n) is 3.47. The number of carbonyl (C=O) groups is 1. The third kappa shape index (κ3) is 3.48. The third-order valence-electron chi connectivity index (χ3n) is 1.82. The smallest absolute Gasteiger partial charge is 0.176 e. The first-order valence-electron chi connectivity index (χ1n) is 4.61. The minimum Gasteiger partial charge on any atom is -0.307 e. The molecule has 0 fully saturated rings. The summed E-state index contributed by atoms with van der Waals surface area (Å²) in [6, 6.07) is 7.32. The van der Waals surface area contributed by atoms with Gasteiger partial charge in [0.1, 0.15) is 0 Å². The SMILES string of the molecule is CC(C)NCC(=O)c1cccc(Cl)c1. The van der Waals surface area contributed by atoms with E-state index in [-0.39, 0.29) is 5.78 Å². The molecule has 1 aromatic rings. The van der Waals surface area contributed by atoms with Gasteiger partial charge in [0.25, 0.3) is 0 Å². The van der Waals surface area contributed by atoms with E-state index in [4.69, 9.17) is 11.6 Å². The van der Waals surface area contributed by atoms with E-state index in [1.807, 2.05) is 13.8 Å². The van der Waals surface area contributed by atoms with Crippen molar-refractivity contribution < 1.29 is 4.79 Å². The largest absolute Gasteiger partial charge is 0.307 e. The first-order valence-corrected chi connectivity index (χ1v) is 4.99. The summed E-state index contributed by atoms with van der Waals surface area (Å²) in [6.07, 6.45) is 0. The molecule has 1 rings (SSSR count). The summed E-state index contributed by atoms with van der Waals surface area (Å²) in [4.78, 5) is 11.6. The summed E-state index contributed by atoms with van der Waals surface area (Å²) in [5, 5.41) is 3.67. The van der Waals surface area contributed by atoms with E-state index in [9.17, 15) is 4.79 Å². The van der Waals surface area contributed by atoms with Gasteiger partial charge in [0.2, 0.25) is 0 Å². The number of carbonyl (C=O) groups excluding carboxylic acids is 1. The molecule has 2 nitrogen and oxygen atoms in total. The monoisotopic (exact) mass is 211 g/mol. The van der Waals surface area contributed by atoms with Crippen LogP contribution >= 0.6 is 11.6 Å². The lowest BCUT2D eigenvalue weighted by Gasteiger charge is -2.06. The summed E-state index contributed by atoms with van der Waals surface area (Å²) in [6.45, 7) is 4.37. The van der Waals surface area contributed by atoms with Crippen LogP contribution in [-0.4, -0.2) is 18.4 Å². The second kappa shape index (κ2) is 5.13. The average molecular weight is 212 g/mol. The topological polar surface area (TPSA) is 29.1 Å². The first kappa shape index (κ1) is 11.2. The maximum Gasteiger partial charge on any atom is 0.176 e. The van der Waals surface area contributed by atoms with Gasteiger partial charge in [-0.15, -0.1) is 0 Å². The summed E-state index contributed by atoms with van der Waals surface area (Å²) >= 11 is 5.78. The van der Waals surface area contributed by atoms with Crippen molar-refractivity contribution in [2.75, 3.05) is 6.54 Å². The molecular formula is C11H14ClNO. The van der Waals surface area contributed by atoms with E-state index < -0.39 is 0 Å². The highest BCUT2D eigenvalue weighted by molar-refractivity contribution is 6.31. The Bertz CT molecular complexity index is 323. The molecule has 0 atom stereocenters. The molecule has 3 heteroatoms. The minimum absolute atomic E-state index is 0.0706. The van der Waals surface area contributed by atoms with Crippen LogP contribution < -0.4 is 5.32 Å². The Morgan fingerprint density at radius 2 is 2.21 bits per heavy atom. The van der Waals surface area contributed by atoms with Crippen LogP contribution in [0.1, 0.15) is 24.2 Å². The molecule has 0 heterocycles. The third-order valence-corrected chi connectivity index (χ3v) is 2.05. The van der Waals surface area contributed by atoms with Gasteiger partial charge in [-0.2, -0.15) is 0 Å². The number of halogens is 1. The van der Waals surface area contributed by atoms with E-state index >= 15 is 0 Å². The van der Waals surface area contributed by atoms with Gasteiger partial charge in [0, 0.05) is 16.6 Å². The quantitative estimate of drug-likeness (QED) is 0.776. The van der Waals surface area contributed by atoms with Crippen LogP contribution in [-0.2, 0) is 0 Å². The lowest BCUT2D eigenvalue weighted by atomic mass is 10.1. The number of hydrogen-bond donors (Lipinski definition) is 1. The molecule has 0 amide bonds. The standard InChI is InChI=1S/C11H14ClNO/c1-8(2)13-7-11(14)9-4-3-5-10(12)6-9/h3-6,8,13H,7H2,1-2H3. The van der Waals surface area contributed by atoms with Crippen LogP contribution in [0.2, 0.25) is 5.02 Å². The van der Waals surface area contributed by atoms with E-state index in [1.165, 1.54) is 0 Å². The van der Waals surface area contributed by atoms with Crippen LogP contribution in [0.25, 0.3) is 0 Å². The van der Waals surface area contributed by atoms with Crippen molar-refractivity contribution in [1.29, 1.82) is 0 Å². The molecular weight excluding hydrogens is 198 g/mol. The fourth-order valence-electron chi connectivity index (χ4n) is 1.06. The van der Waals surface area contributed by atoms with E-state index in [0.717, 1.165) is 0 Å². The van der Waals surface area contributed by atoms with Crippen LogP contribution in [0.3, 0.4) is 0 Å². The number of hydrogen-bond acceptors (Lipinski definition) is 2. The lowest BCUT2D eigenvalue weighted by Crippen LogP contribution is -2.29. The number of ketones is 1. The summed E-state index contributed by atoms with van der Waals surface area (Å²) in [7, 11) is 0. The molecule has 0 aromatic heterocycles. The van der Waals surface area contributed by atoms with Gasteiger partial charge in [-0.1, -0.05) is 37.6 Å². The van der Waals surface area contributed by atoms with Crippen LogP contribution in [0, 0.1) is 0 Å². The molecule has 1 aromatic carbocycles. The summed E-state index contributed by atoms with van der Waals surface area (Å²) in [5.41, 5.74) is 0.658. The Morgan fingerprint density at radius 3 is 2.79 bits per heavy atom. The molecule has 76 valence electrons. The lowest BCUT2D eigenvalue weighted by molar-refractivity contribution is 0.0988. The maximum atomic E-state index is 11.6. The van der Waals surface area contributed by atoms with Crippen molar-refractivity contribution in [3.8, 4) is 0 Å². The van der Waals surface area contributed by atoms with Crippen molar-refractivity contribution >= 4 is 17.4 Å². The molecule has 0 aliphatic carbocycles. The van der Waals surface area contributed by atoms with Gasteiger partial charge in [0.05, 0.1) is 6.54 Å². The zero-order valence-electron chi connectivity index (χ0n) is 8.38. The van der Waals surface area contributed by atoms with Crippen molar-refractivity contribution in [3.63, 3.8) is 0 Å². The van der Waals surface area contributed by atoms with Gasteiger partial charge in [-0.3, -0.25) is 4.79 Å². The van der Waals surface area contributed by atoms with Gasteiger partial charge >= 0.3 is 0 Å². The van der Waals surface area contributed by atoms with Crippen molar-refractivity contribution in [2.45, 2.75) is 19.9 Å². The molecule has 14 heavy (non-hydrogen) atoms. The van der Waals surface area contributed by atoms with Gasteiger partial charge in [-0.25, -0.2) is 0 Å². The predicted octanol–water partition coefficient (Wildman–Crippen LogP) is 2.52. The van der Waals surface area contributed by atoms with Gasteiger partial charge in [0.15, 0.2) is 5.78 Å². The maximum absolute atomic E-state index is 11.6. The fraction of sp³-hybridized carbons (Fsp3) is 0.364. The Morgan fingerprint density at radius 1 is 1.50 bits per heavy atom. The molecule has 0 saturated carbocycles. The molecule has 0 spiro atoms. The summed E-state index contributed by atoms with van der Waals surface area (Å²) in [5.74, 6) is 0.0706. The van der Waals surface area contributed by atoms with E-state index in [2.05, 4.69) is 5.32 Å². The highest BCUT2D eigenvalue weighted by atomic mass is 35.5. The predicted molar refractivity (Wildman–Crippen MR) is 58.9 cm³/mol. The molecule has 1 N–H and O–H groups in total. The van der Waals surface area contributed by atoms with Crippen molar-refractivity contribution in [3.05, 3.63) is 34.9 Å². The Labute approximate surface area is 89.3 Å². The van der Waals surface area contributed by atoms with E-state index in [0.29, 0.717) is 23.2 Å². The number of rotatable bonds is 4. The molecule has 0 radical (unpaired) electrons. The second-order valence-corrected chi connectivity index (χ2v) is 3.91. The molecule has 0 aliphatic heterocycles. The Balaban J connectivity index is 2.61. The molecule has 0 unspecified atom stereocenters. The molecule has 0 saturated heterocycles. The average Bonchev–Trinajstić information content (AvgIpc) is 2.14. The Kier molecular flexibility index (Phi) is 4.11. The van der Waals surface area contributed by atoms with Crippen LogP contribution in [0.4, 0.5) is 0 Å². The number of Topliss-reactive ketones (excluding diaryl/α,β-unsaturated/α-hetero) is 1. The van der Waals surface area contributed by atoms with Crippen LogP contribution in [0.5, 0.6) is 0 Å². The van der Waals surface area contributed by atoms with Crippen molar-refractivity contribution in [2.24, 2.45) is 0 Å². The fourth-order valence-corrected chi connectivity index (χ4v) is 1.25. The zero-order chi connectivity index (χ0) is 10.6. The van der Waals surface area contributed by atoms with Crippen molar-refractivity contribution in [1.82, 2.24) is 5.32 Å². The first-order chi connectivity index (χ1) is 6.59. The van der Waals surface area contributed by atoms with Crippen LogP contribution in [0.15, 0.2) is 24.3 Å². The molecule has 0 aliphatic rings. The zero-order valence-corrected chi connectivity index (χ0v) is 9.14. The van der Waals surface area contributed by atoms with Gasteiger partial charge < -0.3 is 5.32 Å².